The van der Waals surface area contributed by atoms with Crippen LogP contribution in [0.5, 0.6) is 0 Å². The van der Waals surface area contributed by atoms with Crippen LogP contribution in [0.15, 0.2) is 63.8 Å². The van der Waals surface area contributed by atoms with Crippen molar-refractivity contribution < 1.29 is 4.42 Å². The molecule has 3 rings (SSSR count). The summed E-state index contributed by atoms with van der Waals surface area (Å²) in [6.07, 6.45) is 0. The molecule has 0 atom stereocenters. The van der Waals surface area contributed by atoms with E-state index in [-0.39, 0.29) is 11.0 Å². The van der Waals surface area contributed by atoms with Crippen LogP contribution in [0.4, 0.5) is 0 Å². The van der Waals surface area contributed by atoms with Gasteiger partial charge in [0.1, 0.15) is 5.58 Å². The molecule has 0 N–H and O–H groups in total. The minimum Gasteiger partial charge on any atom is -0.423 e. The summed E-state index contributed by atoms with van der Waals surface area (Å²) in [5, 5.41) is 0.959. The van der Waals surface area contributed by atoms with Crippen molar-refractivity contribution in [2.45, 2.75) is 26.2 Å². The third-order valence-corrected chi connectivity index (χ3v) is 3.71. The topological polar surface area (TPSA) is 30.2 Å². The first-order valence-electron chi connectivity index (χ1n) is 7.09. The molecule has 1 aromatic heterocycles. The average Bonchev–Trinajstić information content (AvgIpc) is 2.45. The van der Waals surface area contributed by atoms with Crippen LogP contribution in [0.3, 0.4) is 0 Å². The molecule has 0 saturated carbocycles. The highest BCUT2D eigenvalue weighted by Crippen LogP contribution is 2.29. The van der Waals surface area contributed by atoms with Crippen LogP contribution in [-0.2, 0) is 5.41 Å². The van der Waals surface area contributed by atoms with Crippen LogP contribution in [-0.4, -0.2) is 0 Å². The zero-order valence-electron chi connectivity index (χ0n) is 12.5. The van der Waals surface area contributed by atoms with Crippen LogP contribution in [0.1, 0.15) is 26.3 Å². The Bertz CT molecular complexity index is 834. The molecule has 2 aromatic carbocycles. The van der Waals surface area contributed by atoms with Gasteiger partial charge in [-0.1, -0.05) is 63.2 Å². The molecule has 0 unspecified atom stereocenters. The van der Waals surface area contributed by atoms with Crippen molar-refractivity contribution in [2.75, 3.05) is 0 Å². The Morgan fingerprint density at radius 1 is 0.905 bits per heavy atom. The first-order chi connectivity index (χ1) is 9.95. The van der Waals surface area contributed by atoms with Gasteiger partial charge in [0, 0.05) is 11.5 Å². The molecule has 0 spiro atoms. The first kappa shape index (κ1) is 13.6. The van der Waals surface area contributed by atoms with Gasteiger partial charge in [-0.25, -0.2) is 4.79 Å². The van der Waals surface area contributed by atoms with E-state index in [0.717, 1.165) is 16.5 Å². The minimum atomic E-state index is -0.316. The molecule has 0 saturated heterocycles. The molecule has 1 heterocycles. The summed E-state index contributed by atoms with van der Waals surface area (Å²) in [6, 6.07) is 17.6. The molecule has 2 nitrogen and oxygen atoms in total. The number of fused-ring (bicyclic) bond motifs is 1. The highest BCUT2D eigenvalue weighted by atomic mass is 16.4. The van der Waals surface area contributed by atoms with E-state index < -0.39 is 0 Å². The van der Waals surface area contributed by atoms with Gasteiger partial charge in [-0.05, 0) is 28.2 Å². The summed E-state index contributed by atoms with van der Waals surface area (Å²) in [5.41, 5.74) is 3.66. The predicted octanol–water partition coefficient (Wildman–Crippen LogP) is 4.76. The van der Waals surface area contributed by atoms with E-state index in [4.69, 9.17) is 4.42 Å². The van der Waals surface area contributed by atoms with E-state index in [9.17, 15) is 4.79 Å². The first-order valence-corrected chi connectivity index (χ1v) is 7.09. The van der Waals surface area contributed by atoms with E-state index in [0.29, 0.717) is 5.58 Å². The molecule has 0 aliphatic carbocycles. The lowest BCUT2D eigenvalue weighted by Gasteiger charge is -2.19. The zero-order valence-corrected chi connectivity index (χ0v) is 12.5. The quantitative estimate of drug-likeness (QED) is 0.601. The van der Waals surface area contributed by atoms with Crippen molar-refractivity contribution in [2.24, 2.45) is 0 Å². The van der Waals surface area contributed by atoms with Crippen molar-refractivity contribution in [3.8, 4) is 11.1 Å². The molecule has 0 aliphatic heterocycles. The number of benzene rings is 2. The summed E-state index contributed by atoms with van der Waals surface area (Å²) in [7, 11) is 0. The smallest absolute Gasteiger partial charge is 0.336 e. The fourth-order valence-electron chi connectivity index (χ4n) is 2.50. The summed E-state index contributed by atoms with van der Waals surface area (Å²) in [5.74, 6) is 0. The molecule has 3 aromatic rings. The Kier molecular flexibility index (Phi) is 3.17. The monoisotopic (exact) mass is 278 g/mol. The largest absolute Gasteiger partial charge is 0.423 e. The van der Waals surface area contributed by atoms with Crippen LogP contribution in [0.25, 0.3) is 22.1 Å². The lowest BCUT2D eigenvalue weighted by atomic mass is 9.86. The van der Waals surface area contributed by atoms with Gasteiger partial charge >= 0.3 is 5.63 Å². The Morgan fingerprint density at radius 2 is 1.57 bits per heavy atom. The maximum absolute atomic E-state index is 11.7. The van der Waals surface area contributed by atoms with Gasteiger partial charge in [-0.3, -0.25) is 0 Å². The van der Waals surface area contributed by atoms with Crippen LogP contribution < -0.4 is 5.63 Å². The Hall–Kier alpha value is -2.35. The van der Waals surface area contributed by atoms with E-state index in [1.54, 1.807) is 6.07 Å². The molecule has 0 fully saturated rings. The van der Waals surface area contributed by atoms with Crippen molar-refractivity contribution >= 4 is 11.0 Å². The molecule has 0 radical (unpaired) electrons. The average molecular weight is 278 g/mol. The fraction of sp³-hybridized carbons (Fsp3) is 0.211. The van der Waals surface area contributed by atoms with Gasteiger partial charge in [0.25, 0.3) is 0 Å². The maximum atomic E-state index is 11.7. The number of hydrogen-bond donors (Lipinski definition) is 0. The van der Waals surface area contributed by atoms with Gasteiger partial charge in [-0.2, -0.15) is 0 Å². The summed E-state index contributed by atoms with van der Waals surface area (Å²) < 4.78 is 5.25. The van der Waals surface area contributed by atoms with Crippen LogP contribution in [0.2, 0.25) is 0 Å². The fourth-order valence-corrected chi connectivity index (χ4v) is 2.50. The van der Waals surface area contributed by atoms with Gasteiger partial charge in [0.15, 0.2) is 0 Å². The van der Waals surface area contributed by atoms with Crippen molar-refractivity contribution in [1.82, 2.24) is 0 Å². The van der Waals surface area contributed by atoms with E-state index in [1.807, 2.05) is 24.3 Å². The maximum Gasteiger partial charge on any atom is 0.336 e. The third-order valence-electron chi connectivity index (χ3n) is 3.71. The van der Waals surface area contributed by atoms with Crippen molar-refractivity contribution in [3.05, 3.63) is 70.6 Å². The predicted molar refractivity (Wildman–Crippen MR) is 86.6 cm³/mol. The molecule has 106 valence electrons. The van der Waals surface area contributed by atoms with Gasteiger partial charge in [0.05, 0.1) is 0 Å². The molecule has 21 heavy (non-hydrogen) atoms. The van der Waals surface area contributed by atoms with Crippen LogP contribution in [0, 0.1) is 0 Å². The van der Waals surface area contributed by atoms with Crippen molar-refractivity contribution in [1.29, 1.82) is 0 Å². The highest BCUT2D eigenvalue weighted by molar-refractivity contribution is 5.93. The SMILES string of the molecule is CC(C)(C)c1ccc(-c2cc(=O)oc3ccccc23)cc1. The minimum absolute atomic E-state index is 0.121. The number of para-hydroxylation sites is 1. The second-order valence-electron chi connectivity index (χ2n) is 6.30. The second kappa shape index (κ2) is 4.88. The summed E-state index contributed by atoms with van der Waals surface area (Å²) >= 11 is 0. The summed E-state index contributed by atoms with van der Waals surface area (Å²) in [4.78, 5) is 11.7. The molecular formula is C19H18O2. The lowest BCUT2D eigenvalue weighted by Crippen LogP contribution is -2.10. The Morgan fingerprint density at radius 3 is 2.24 bits per heavy atom. The second-order valence-corrected chi connectivity index (χ2v) is 6.30. The van der Waals surface area contributed by atoms with Gasteiger partial charge < -0.3 is 4.42 Å². The molecule has 2 heteroatoms. The van der Waals surface area contributed by atoms with Crippen LogP contribution >= 0.6 is 0 Å². The van der Waals surface area contributed by atoms with Gasteiger partial charge in [-0.15, -0.1) is 0 Å². The van der Waals surface area contributed by atoms with Gasteiger partial charge in [0.2, 0.25) is 0 Å². The third kappa shape index (κ3) is 2.62. The molecule has 0 bridgehead atoms. The van der Waals surface area contributed by atoms with E-state index in [2.05, 4.69) is 45.0 Å². The Balaban J connectivity index is 2.19. The van der Waals surface area contributed by atoms with Crippen molar-refractivity contribution in [3.63, 3.8) is 0 Å². The normalized spacial score (nSPS) is 11.8. The van der Waals surface area contributed by atoms with E-state index in [1.165, 1.54) is 5.56 Å². The highest BCUT2D eigenvalue weighted by Gasteiger charge is 2.14. The van der Waals surface area contributed by atoms with E-state index >= 15 is 0 Å². The number of rotatable bonds is 1. The number of hydrogen-bond acceptors (Lipinski definition) is 2. The molecule has 0 amide bonds. The standard InChI is InChI=1S/C19H18O2/c1-19(2,3)14-10-8-13(9-11-14)16-12-18(20)21-17-7-5-4-6-15(16)17/h4-12H,1-3H3. The Labute approximate surface area is 124 Å². The molecular weight excluding hydrogens is 260 g/mol. The molecule has 0 aliphatic rings. The zero-order chi connectivity index (χ0) is 15.0. The summed E-state index contributed by atoms with van der Waals surface area (Å²) in [6.45, 7) is 6.57. The lowest BCUT2D eigenvalue weighted by molar-refractivity contribution is 0.561.